The normalized spacial score (nSPS) is 30.0. The van der Waals surface area contributed by atoms with Gasteiger partial charge in [-0.3, -0.25) is 4.79 Å². The first kappa shape index (κ1) is 16.3. The van der Waals surface area contributed by atoms with Crippen LogP contribution in [0.15, 0.2) is 29.8 Å². The molecule has 0 fully saturated rings. The molecule has 4 atom stereocenters. The van der Waals surface area contributed by atoms with E-state index in [1.54, 1.807) is 12.1 Å². The molecule has 7 heteroatoms. The Kier molecular flexibility index (Phi) is 4.59. The van der Waals surface area contributed by atoms with Gasteiger partial charge in [-0.15, -0.1) is 0 Å². The third-order valence-electron chi connectivity index (χ3n) is 4.17. The molecule has 23 heavy (non-hydrogen) atoms. The standard InChI is InChI=1S/C16H18ClNO5/c17-10-3-1-2-9-11(4-5-23-15(9)10)18-16(22)8-6-12(19)14(21)13(20)7-8/h1-3,6,11-14,19-21H,4-5,7H2,(H,18,22)/t11?,12-,13-,14-/m1/s1. The average molecular weight is 340 g/mol. The van der Waals surface area contributed by atoms with Crippen LogP contribution in [0.5, 0.6) is 5.75 Å². The van der Waals surface area contributed by atoms with Gasteiger partial charge in [-0.05, 0) is 12.1 Å². The minimum Gasteiger partial charge on any atom is -0.492 e. The quantitative estimate of drug-likeness (QED) is 0.635. The van der Waals surface area contributed by atoms with Crippen LogP contribution < -0.4 is 10.1 Å². The second-order valence-electron chi connectivity index (χ2n) is 5.77. The lowest BCUT2D eigenvalue weighted by atomic mass is 9.91. The van der Waals surface area contributed by atoms with Crippen LogP contribution >= 0.6 is 11.6 Å². The molecule has 2 aliphatic rings. The first-order valence-corrected chi connectivity index (χ1v) is 7.82. The highest BCUT2D eigenvalue weighted by Crippen LogP contribution is 2.37. The van der Waals surface area contributed by atoms with E-state index in [0.717, 1.165) is 5.56 Å². The Balaban J connectivity index is 1.77. The number of benzene rings is 1. The number of fused-ring (bicyclic) bond motifs is 1. The summed E-state index contributed by atoms with van der Waals surface area (Å²) in [4.78, 5) is 12.4. The Morgan fingerprint density at radius 1 is 1.30 bits per heavy atom. The average Bonchev–Trinajstić information content (AvgIpc) is 2.53. The second-order valence-corrected chi connectivity index (χ2v) is 6.17. The molecule has 0 bridgehead atoms. The SMILES string of the molecule is O=C(NC1CCOc2c(Cl)cccc21)C1=C[C@@H](O)[C@@H](O)[C@H](O)C1. The summed E-state index contributed by atoms with van der Waals surface area (Å²) >= 11 is 6.10. The highest BCUT2D eigenvalue weighted by atomic mass is 35.5. The van der Waals surface area contributed by atoms with E-state index in [9.17, 15) is 20.1 Å². The summed E-state index contributed by atoms with van der Waals surface area (Å²) in [5.41, 5.74) is 1.06. The first-order valence-electron chi connectivity index (χ1n) is 7.44. The number of aliphatic hydroxyl groups is 3. The van der Waals surface area contributed by atoms with Crippen molar-refractivity contribution in [1.82, 2.24) is 5.32 Å². The molecule has 0 aromatic heterocycles. The Bertz CT molecular complexity index is 647. The number of amides is 1. The molecule has 1 aliphatic heterocycles. The van der Waals surface area contributed by atoms with Crippen LogP contribution in [0.3, 0.4) is 0 Å². The van der Waals surface area contributed by atoms with Crippen LogP contribution in [0.2, 0.25) is 5.02 Å². The second kappa shape index (κ2) is 6.49. The van der Waals surface area contributed by atoms with E-state index in [-0.39, 0.29) is 23.9 Å². The third kappa shape index (κ3) is 3.21. The van der Waals surface area contributed by atoms with Gasteiger partial charge in [-0.25, -0.2) is 0 Å². The maximum absolute atomic E-state index is 12.4. The molecule has 0 saturated heterocycles. The van der Waals surface area contributed by atoms with Crippen LogP contribution in [0.25, 0.3) is 0 Å². The van der Waals surface area contributed by atoms with Crippen molar-refractivity contribution in [2.24, 2.45) is 0 Å². The van der Waals surface area contributed by atoms with Gasteiger partial charge in [0, 0.05) is 24.0 Å². The summed E-state index contributed by atoms with van der Waals surface area (Å²) < 4.78 is 5.55. The summed E-state index contributed by atoms with van der Waals surface area (Å²) in [7, 11) is 0. The Labute approximate surface area is 138 Å². The molecule has 3 rings (SSSR count). The predicted octanol–water partition coefficient (Wildman–Crippen LogP) is 0.693. The molecule has 1 aliphatic carbocycles. The largest absolute Gasteiger partial charge is 0.492 e. The van der Waals surface area contributed by atoms with Crippen molar-refractivity contribution in [2.45, 2.75) is 37.2 Å². The summed E-state index contributed by atoms with van der Waals surface area (Å²) in [6.45, 7) is 0.435. The molecule has 1 aromatic carbocycles. The van der Waals surface area contributed by atoms with Gasteiger partial charge in [0.1, 0.15) is 18.0 Å². The van der Waals surface area contributed by atoms with Crippen molar-refractivity contribution in [3.8, 4) is 5.75 Å². The van der Waals surface area contributed by atoms with Gasteiger partial charge in [0.15, 0.2) is 0 Å². The Morgan fingerprint density at radius 3 is 2.83 bits per heavy atom. The number of hydrogen-bond acceptors (Lipinski definition) is 5. The number of aliphatic hydroxyl groups excluding tert-OH is 3. The summed E-state index contributed by atoms with van der Waals surface area (Å²) in [5.74, 6) is 0.187. The highest BCUT2D eigenvalue weighted by Gasteiger charge is 2.33. The summed E-state index contributed by atoms with van der Waals surface area (Å²) in [6, 6.07) is 5.10. The molecular formula is C16H18ClNO5. The number of halogens is 1. The van der Waals surface area contributed by atoms with Crippen molar-refractivity contribution in [3.05, 3.63) is 40.4 Å². The van der Waals surface area contributed by atoms with Crippen molar-refractivity contribution >= 4 is 17.5 Å². The fraction of sp³-hybridized carbons (Fsp3) is 0.438. The summed E-state index contributed by atoms with van der Waals surface area (Å²) in [6.07, 6.45) is -1.81. The van der Waals surface area contributed by atoms with E-state index in [1.165, 1.54) is 6.08 Å². The van der Waals surface area contributed by atoms with Crippen molar-refractivity contribution in [3.63, 3.8) is 0 Å². The molecular weight excluding hydrogens is 322 g/mol. The number of ether oxygens (including phenoxy) is 1. The predicted molar refractivity (Wildman–Crippen MR) is 83.2 cm³/mol. The number of para-hydroxylation sites is 1. The molecule has 1 amide bonds. The third-order valence-corrected chi connectivity index (χ3v) is 4.47. The van der Waals surface area contributed by atoms with E-state index in [2.05, 4.69) is 5.32 Å². The molecule has 4 N–H and O–H groups in total. The van der Waals surface area contributed by atoms with Crippen LogP contribution in [0, 0.1) is 0 Å². The van der Waals surface area contributed by atoms with E-state index in [4.69, 9.17) is 16.3 Å². The Morgan fingerprint density at radius 2 is 2.09 bits per heavy atom. The fourth-order valence-electron chi connectivity index (χ4n) is 2.90. The van der Waals surface area contributed by atoms with Crippen molar-refractivity contribution < 1.29 is 24.9 Å². The van der Waals surface area contributed by atoms with Crippen molar-refractivity contribution in [2.75, 3.05) is 6.61 Å². The Hall–Kier alpha value is -1.60. The molecule has 1 heterocycles. The fourth-order valence-corrected chi connectivity index (χ4v) is 3.14. The lowest BCUT2D eigenvalue weighted by molar-refractivity contribution is -0.120. The van der Waals surface area contributed by atoms with E-state index in [1.807, 2.05) is 6.07 Å². The molecule has 6 nitrogen and oxygen atoms in total. The first-order chi connectivity index (χ1) is 11.0. The molecule has 1 aromatic rings. The number of carbonyl (C=O) groups is 1. The van der Waals surface area contributed by atoms with Gasteiger partial charge in [0.05, 0.1) is 23.8 Å². The van der Waals surface area contributed by atoms with Crippen LogP contribution in [0.4, 0.5) is 0 Å². The monoisotopic (exact) mass is 339 g/mol. The van der Waals surface area contributed by atoms with Crippen LogP contribution in [-0.2, 0) is 4.79 Å². The zero-order chi connectivity index (χ0) is 16.6. The van der Waals surface area contributed by atoms with Gasteiger partial charge < -0.3 is 25.4 Å². The maximum Gasteiger partial charge on any atom is 0.247 e. The topological polar surface area (TPSA) is 99.0 Å². The van der Waals surface area contributed by atoms with Crippen molar-refractivity contribution in [1.29, 1.82) is 0 Å². The van der Waals surface area contributed by atoms with E-state index < -0.39 is 18.3 Å². The summed E-state index contributed by atoms with van der Waals surface area (Å²) in [5, 5.41) is 32.3. The zero-order valence-corrected chi connectivity index (χ0v) is 13.0. The number of carbonyl (C=O) groups excluding carboxylic acids is 1. The molecule has 1 unspecified atom stereocenters. The number of hydrogen-bond donors (Lipinski definition) is 4. The lowest BCUT2D eigenvalue weighted by Crippen LogP contribution is -2.43. The highest BCUT2D eigenvalue weighted by molar-refractivity contribution is 6.32. The molecule has 0 radical (unpaired) electrons. The molecule has 124 valence electrons. The minimum absolute atomic E-state index is 0.00428. The maximum atomic E-state index is 12.4. The van der Waals surface area contributed by atoms with Crippen LogP contribution in [0.1, 0.15) is 24.4 Å². The van der Waals surface area contributed by atoms with E-state index in [0.29, 0.717) is 23.8 Å². The molecule has 0 saturated carbocycles. The van der Waals surface area contributed by atoms with Gasteiger partial charge >= 0.3 is 0 Å². The number of rotatable bonds is 2. The van der Waals surface area contributed by atoms with Crippen LogP contribution in [-0.4, -0.2) is 46.1 Å². The zero-order valence-electron chi connectivity index (χ0n) is 12.3. The minimum atomic E-state index is -1.27. The van der Waals surface area contributed by atoms with Gasteiger partial charge in [0.2, 0.25) is 5.91 Å². The van der Waals surface area contributed by atoms with Gasteiger partial charge in [-0.2, -0.15) is 0 Å². The number of nitrogens with one attached hydrogen (secondary N) is 1. The smallest absolute Gasteiger partial charge is 0.247 e. The van der Waals surface area contributed by atoms with Gasteiger partial charge in [-0.1, -0.05) is 23.7 Å². The molecule has 0 spiro atoms. The van der Waals surface area contributed by atoms with E-state index >= 15 is 0 Å². The van der Waals surface area contributed by atoms with Gasteiger partial charge in [0.25, 0.3) is 0 Å². The lowest BCUT2D eigenvalue weighted by Gasteiger charge is -2.30.